The van der Waals surface area contributed by atoms with Gasteiger partial charge in [-0.15, -0.1) is 0 Å². The van der Waals surface area contributed by atoms with Crippen LogP contribution < -0.4 is 4.74 Å². The second-order valence-electron chi connectivity index (χ2n) is 2.90. The fourth-order valence-electron chi connectivity index (χ4n) is 1.30. The fourth-order valence-corrected chi connectivity index (χ4v) is 1.81. The molecule has 1 aromatic rings. The minimum atomic E-state index is -2.74. The topological polar surface area (TPSA) is 26.3 Å². The molecule has 0 radical (unpaired) electrons. The zero-order chi connectivity index (χ0) is 11.6. The summed E-state index contributed by atoms with van der Waals surface area (Å²) >= 11 is 3.09. The number of ether oxygens (including phenoxy) is 1. The van der Waals surface area contributed by atoms with E-state index in [1.54, 1.807) is 0 Å². The fraction of sp³-hybridized carbons (Fsp3) is 0.300. The van der Waals surface area contributed by atoms with Crippen LogP contribution in [0.25, 0.3) is 0 Å². The second kappa shape index (κ2) is 4.70. The predicted molar refractivity (Wildman–Crippen MR) is 55.7 cm³/mol. The minimum Gasteiger partial charge on any atom is -0.495 e. The summed E-state index contributed by atoms with van der Waals surface area (Å²) in [5, 5.41) is 0. The summed E-state index contributed by atoms with van der Waals surface area (Å²) in [6.45, 7) is 1.24. The molecule has 0 saturated carbocycles. The number of carbonyl (C=O) groups excluding carboxylic acids is 1. The molecule has 0 fully saturated rings. The molecule has 0 heterocycles. The summed E-state index contributed by atoms with van der Waals surface area (Å²) in [6.07, 6.45) is -2.74. The van der Waals surface area contributed by atoms with E-state index in [0.717, 1.165) is 0 Å². The van der Waals surface area contributed by atoms with Crippen LogP contribution in [-0.4, -0.2) is 12.9 Å². The Balaban J connectivity index is 3.49. The third-order valence-corrected chi connectivity index (χ3v) is 2.57. The Morgan fingerprint density at radius 1 is 1.47 bits per heavy atom. The summed E-state index contributed by atoms with van der Waals surface area (Å²) in [6, 6.07) is 2.87. The van der Waals surface area contributed by atoms with Gasteiger partial charge in [-0.05, 0) is 35.0 Å². The lowest BCUT2D eigenvalue weighted by Crippen LogP contribution is -2.03. The van der Waals surface area contributed by atoms with Crippen molar-refractivity contribution in [1.29, 1.82) is 0 Å². The van der Waals surface area contributed by atoms with Crippen LogP contribution in [0.3, 0.4) is 0 Å². The van der Waals surface area contributed by atoms with E-state index < -0.39 is 12.2 Å². The molecule has 0 aliphatic rings. The van der Waals surface area contributed by atoms with Crippen molar-refractivity contribution < 1.29 is 18.3 Å². The van der Waals surface area contributed by atoms with E-state index in [-0.39, 0.29) is 16.9 Å². The van der Waals surface area contributed by atoms with Crippen molar-refractivity contribution in [2.75, 3.05) is 7.11 Å². The quantitative estimate of drug-likeness (QED) is 0.790. The molecular weight excluding hydrogens is 270 g/mol. The van der Waals surface area contributed by atoms with Gasteiger partial charge < -0.3 is 4.74 Å². The normalized spacial score (nSPS) is 10.5. The molecule has 5 heteroatoms. The SMILES string of the molecule is COc1c(Br)ccc(C(C)=O)c1C(F)F. The number of rotatable bonds is 3. The van der Waals surface area contributed by atoms with Crippen molar-refractivity contribution in [3.05, 3.63) is 27.7 Å². The lowest BCUT2D eigenvalue weighted by Gasteiger charge is -2.12. The number of benzene rings is 1. The van der Waals surface area contributed by atoms with E-state index in [9.17, 15) is 13.6 Å². The van der Waals surface area contributed by atoms with Crippen LogP contribution in [0.15, 0.2) is 16.6 Å². The largest absolute Gasteiger partial charge is 0.495 e. The van der Waals surface area contributed by atoms with Gasteiger partial charge >= 0.3 is 0 Å². The molecule has 0 amide bonds. The van der Waals surface area contributed by atoms with Gasteiger partial charge in [0.2, 0.25) is 0 Å². The van der Waals surface area contributed by atoms with Gasteiger partial charge in [0.05, 0.1) is 17.1 Å². The maximum Gasteiger partial charge on any atom is 0.268 e. The molecule has 15 heavy (non-hydrogen) atoms. The highest BCUT2D eigenvalue weighted by Gasteiger charge is 2.22. The molecule has 0 aromatic heterocycles. The van der Waals surface area contributed by atoms with E-state index in [4.69, 9.17) is 4.74 Å². The number of carbonyl (C=O) groups is 1. The molecule has 82 valence electrons. The van der Waals surface area contributed by atoms with Crippen LogP contribution in [0.5, 0.6) is 5.75 Å². The van der Waals surface area contributed by atoms with Gasteiger partial charge in [0.15, 0.2) is 5.78 Å². The van der Waals surface area contributed by atoms with Crippen molar-refractivity contribution >= 4 is 21.7 Å². The monoisotopic (exact) mass is 278 g/mol. The first-order valence-corrected chi connectivity index (χ1v) is 4.93. The van der Waals surface area contributed by atoms with Crippen molar-refractivity contribution in [1.82, 2.24) is 0 Å². The maximum atomic E-state index is 12.8. The molecule has 0 aliphatic heterocycles. The van der Waals surface area contributed by atoms with Gasteiger partial charge in [-0.3, -0.25) is 4.79 Å². The molecule has 0 unspecified atom stereocenters. The van der Waals surface area contributed by atoms with Gasteiger partial charge in [-0.2, -0.15) is 0 Å². The maximum absolute atomic E-state index is 12.8. The number of hydrogen-bond acceptors (Lipinski definition) is 2. The lowest BCUT2D eigenvalue weighted by molar-refractivity contribution is 0.0996. The Labute approximate surface area is 94.4 Å². The first kappa shape index (κ1) is 12.1. The van der Waals surface area contributed by atoms with Gasteiger partial charge in [-0.25, -0.2) is 8.78 Å². The van der Waals surface area contributed by atoms with Crippen LogP contribution in [-0.2, 0) is 0 Å². The first-order valence-electron chi connectivity index (χ1n) is 4.14. The highest BCUT2D eigenvalue weighted by molar-refractivity contribution is 9.10. The van der Waals surface area contributed by atoms with Crippen molar-refractivity contribution in [3.8, 4) is 5.75 Å². The molecule has 0 saturated heterocycles. The molecule has 0 aliphatic carbocycles. The van der Waals surface area contributed by atoms with Crippen LogP contribution >= 0.6 is 15.9 Å². The standard InChI is InChI=1S/C10H9BrF2O2/c1-5(14)6-3-4-7(11)9(15-2)8(6)10(12)13/h3-4,10H,1-2H3. The number of alkyl halides is 2. The van der Waals surface area contributed by atoms with E-state index in [1.807, 2.05) is 0 Å². The molecule has 2 nitrogen and oxygen atoms in total. The second-order valence-corrected chi connectivity index (χ2v) is 3.75. The van der Waals surface area contributed by atoms with E-state index in [2.05, 4.69) is 15.9 Å². The Morgan fingerprint density at radius 2 is 2.07 bits per heavy atom. The number of methoxy groups -OCH3 is 1. The molecule has 0 atom stereocenters. The minimum absolute atomic E-state index is 0.00921. The van der Waals surface area contributed by atoms with E-state index >= 15 is 0 Å². The Kier molecular flexibility index (Phi) is 3.79. The summed E-state index contributed by atoms with van der Waals surface area (Å²) in [7, 11) is 1.29. The molecule has 0 N–H and O–H groups in total. The van der Waals surface area contributed by atoms with Crippen LogP contribution in [0, 0.1) is 0 Å². The number of Topliss-reactive ketones (excluding diaryl/α,β-unsaturated/α-hetero) is 1. The van der Waals surface area contributed by atoms with Crippen LogP contribution in [0.2, 0.25) is 0 Å². The summed E-state index contributed by atoms with van der Waals surface area (Å²) in [4.78, 5) is 11.1. The smallest absolute Gasteiger partial charge is 0.268 e. The molecule has 0 spiro atoms. The molecule has 1 aromatic carbocycles. The zero-order valence-corrected chi connectivity index (χ0v) is 9.77. The Hall–Kier alpha value is -0.970. The highest BCUT2D eigenvalue weighted by Crippen LogP contribution is 2.37. The third-order valence-electron chi connectivity index (χ3n) is 1.95. The zero-order valence-electron chi connectivity index (χ0n) is 8.18. The molecule has 0 bridgehead atoms. The Bertz CT molecular complexity index is 391. The third kappa shape index (κ3) is 2.34. The van der Waals surface area contributed by atoms with Crippen molar-refractivity contribution in [2.45, 2.75) is 13.3 Å². The number of hydrogen-bond donors (Lipinski definition) is 0. The summed E-state index contributed by atoms with van der Waals surface area (Å²) in [5.74, 6) is -0.395. The number of ketones is 1. The van der Waals surface area contributed by atoms with Gasteiger partial charge in [0.1, 0.15) is 5.75 Å². The summed E-state index contributed by atoms with van der Waals surface area (Å²) < 4.78 is 30.8. The van der Waals surface area contributed by atoms with Gasteiger partial charge in [0, 0.05) is 5.56 Å². The van der Waals surface area contributed by atoms with E-state index in [0.29, 0.717) is 4.47 Å². The van der Waals surface area contributed by atoms with E-state index in [1.165, 1.54) is 26.2 Å². The summed E-state index contributed by atoms with van der Waals surface area (Å²) in [5.41, 5.74) is -0.371. The van der Waals surface area contributed by atoms with Crippen molar-refractivity contribution in [2.24, 2.45) is 0 Å². The highest BCUT2D eigenvalue weighted by atomic mass is 79.9. The average Bonchev–Trinajstić information content (AvgIpc) is 2.16. The Morgan fingerprint density at radius 3 is 2.47 bits per heavy atom. The van der Waals surface area contributed by atoms with Crippen LogP contribution in [0.1, 0.15) is 29.3 Å². The first-order chi connectivity index (χ1) is 6.99. The molecule has 1 rings (SSSR count). The van der Waals surface area contributed by atoms with Crippen LogP contribution in [0.4, 0.5) is 8.78 Å². The number of halogens is 3. The van der Waals surface area contributed by atoms with Gasteiger partial charge in [-0.1, -0.05) is 0 Å². The van der Waals surface area contributed by atoms with Crippen molar-refractivity contribution in [3.63, 3.8) is 0 Å². The average molecular weight is 279 g/mol. The van der Waals surface area contributed by atoms with Gasteiger partial charge in [0.25, 0.3) is 6.43 Å². The lowest BCUT2D eigenvalue weighted by atomic mass is 10.0. The predicted octanol–water partition coefficient (Wildman–Crippen LogP) is 3.60. The molecular formula is C10H9BrF2O2.